The molecule has 2 aliphatic rings. The molecule has 0 unspecified atom stereocenters. The van der Waals surface area contributed by atoms with Crippen molar-refractivity contribution in [2.75, 3.05) is 38.6 Å². The molecule has 3 aromatic rings. The fourth-order valence-corrected chi connectivity index (χ4v) is 5.92. The minimum atomic E-state index is -0.374. The Balaban J connectivity index is 1.61. The minimum Gasteiger partial charge on any atom is -0.493 e. The van der Waals surface area contributed by atoms with E-state index in [1.165, 1.54) is 0 Å². The monoisotopic (exact) mass is 578 g/mol. The minimum absolute atomic E-state index is 0.000979. The van der Waals surface area contributed by atoms with E-state index in [-0.39, 0.29) is 17.7 Å². The van der Waals surface area contributed by atoms with E-state index in [0.29, 0.717) is 42.4 Å². The molecule has 2 N–H and O–H groups in total. The summed E-state index contributed by atoms with van der Waals surface area (Å²) in [5.41, 5.74) is 5.45. The van der Waals surface area contributed by atoms with Crippen molar-refractivity contribution in [2.24, 2.45) is 0 Å². The first kappa shape index (κ1) is 26.0. The average Bonchev–Trinajstić information content (AvgIpc) is 3.09. The molecular weight excluding hydrogens is 548 g/mol. The van der Waals surface area contributed by atoms with Crippen LogP contribution in [0.3, 0.4) is 0 Å². The summed E-state index contributed by atoms with van der Waals surface area (Å²) in [6.45, 7) is 2.43. The van der Waals surface area contributed by atoms with Crippen molar-refractivity contribution in [2.45, 2.75) is 31.7 Å². The second kappa shape index (κ2) is 11.0. The highest BCUT2D eigenvalue weighted by Crippen LogP contribution is 2.47. The number of hydrogen-bond acceptors (Lipinski definition) is 7. The molecule has 198 valence electrons. The molecule has 0 aromatic heterocycles. The van der Waals surface area contributed by atoms with Gasteiger partial charge in [-0.15, -0.1) is 0 Å². The second-order valence-corrected chi connectivity index (χ2v) is 10.1. The van der Waals surface area contributed by atoms with Gasteiger partial charge < -0.3 is 29.6 Å². The Morgan fingerprint density at radius 3 is 2.32 bits per heavy atom. The highest BCUT2D eigenvalue weighted by molar-refractivity contribution is 9.10. The number of para-hydroxylation sites is 2. The molecule has 3 aromatic carbocycles. The molecule has 0 saturated carbocycles. The number of benzene rings is 3. The van der Waals surface area contributed by atoms with E-state index in [1.54, 1.807) is 21.3 Å². The molecule has 0 radical (unpaired) electrons. The lowest BCUT2D eigenvalue weighted by molar-refractivity contribution is -0.116. The fourth-order valence-electron chi connectivity index (χ4n) is 5.30. The number of ketones is 1. The molecule has 38 heavy (non-hydrogen) atoms. The van der Waals surface area contributed by atoms with E-state index < -0.39 is 0 Å². The van der Waals surface area contributed by atoms with Gasteiger partial charge in [0.15, 0.2) is 28.8 Å². The Hall–Kier alpha value is -3.65. The third kappa shape index (κ3) is 4.80. The van der Waals surface area contributed by atoms with Crippen LogP contribution in [0.1, 0.15) is 42.9 Å². The van der Waals surface area contributed by atoms with Gasteiger partial charge in [-0.1, -0.05) is 18.2 Å². The van der Waals surface area contributed by atoms with Crippen molar-refractivity contribution in [3.8, 4) is 23.0 Å². The summed E-state index contributed by atoms with van der Waals surface area (Å²) in [6.07, 6.45) is 1.07. The average molecular weight is 579 g/mol. The van der Waals surface area contributed by atoms with E-state index in [9.17, 15) is 4.79 Å². The standard InChI is InChI=1S/C30H31BrN2O5/c1-5-38-27-16-19(12-20(31)30(27)37-4)29-28-23(32-21-8-6-7-9-22(21)33-29)13-18(14-24(28)34)17-10-11-25(35-2)26(15-17)36-3/h6-12,15-16,18,29,32-33H,5,13-14H2,1-4H3/t18-,29-/m0/s1. The van der Waals surface area contributed by atoms with Gasteiger partial charge in [-0.3, -0.25) is 4.79 Å². The predicted molar refractivity (Wildman–Crippen MR) is 152 cm³/mol. The van der Waals surface area contributed by atoms with Crippen LogP contribution in [0.4, 0.5) is 11.4 Å². The number of nitrogens with one attached hydrogen (secondary N) is 2. The maximum absolute atomic E-state index is 13.9. The number of methoxy groups -OCH3 is 3. The van der Waals surface area contributed by atoms with Gasteiger partial charge in [0, 0.05) is 17.7 Å². The van der Waals surface area contributed by atoms with Crippen molar-refractivity contribution >= 4 is 33.1 Å². The topological polar surface area (TPSA) is 78.1 Å². The normalized spacial score (nSPS) is 18.4. The van der Waals surface area contributed by atoms with Crippen LogP contribution in [0.15, 0.2) is 70.3 Å². The summed E-state index contributed by atoms with van der Waals surface area (Å²) in [7, 11) is 4.86. The smallest absolute Gasteiger partial charge is 0.174 e. The summed E-state index contributed by atoms with van der Waals surface area (Å²) in [6, 6.07) is 17.5. The third-order valence-electron chi connectivity index (χ3n) is 7.06. The maximum Gasteiger partial charge on any atom is 0.174 e. The van der Waals surface area contributed by atoms with Crippen molar-refractivity contribution in [1.82, 2.24) is 0 Å². The molecule has 1 heterocycles. The number of carbonyl (C=O) groups is 1. The molecule has 5 rings (SSSR count). The van der Waals surface area contributed by atoms with E-state index >= 15 is 0 Å². The molecule has 0 saturated heterocycles. The molecule has 0 amide bonds. The number of halogens is 1. The van der Waals surface area contributed by atoms with Crippen molar-refractivity contribution in [3.05, 3.63) is 81.5 Å². The van der Waals surface area contributed by atoms with Crippen LogP contribution < -0.4 is 29.6 Å². The molecule has 1 aliphatic heterocycles. The zero-order valence-corrected chi connectivity index (χ0v) is 23.5. The predicted octanol–water partition coefficient (Wildman–Crippen LogP) is 6.85. The molecular formula is C30H31BrN2O5. The zero-order valence-electron chi connectivity index (χ0n) is 21.9. The molecule has 0 bridgehead atoms. The zero-order chi connectivity index (χ0) is 26.8. The number of hydrogen-bond donors (Lipinski definition) is 2. The van der Waals surface area contributed by atoms with Gasteiger partial charge in [-0.25, -0.2) is 0 Å². The Morgan fingerprint density at radius 1 is 0.868 bits per heavy atom. The fraction of sp³-hybridized carbons (Fsp3) is 0.300. The van der Waals surface area contributed by atoms with Crippen molar-refractivity contribution in [3.63, 3.8) is 0 Å². The Kier molecular flexibility index (Phi) is 7.51. The number of allylic oxidation sites excluding steroid dienone is 1. The van der Waals surface area contributed by atoms with Gasteiger partial charge in [-0.05, 0) is 82.7 Å². The van der Waals surface area contributed by atoms with E-state index in [1.807, 2.05) is 61.5 Å². The summed E-state index contributed by atoms with van der Waals surface area (Å²) >= 11 is 3.64. The third-order valence-corrected chi connectivity index (χ3v) is 7.65. The molecule has 1 aliphatic carbocycles. The maximum atomic E-state index is 13.9. The summed E-state index contributed by atoms with van der Waals surface area (Å²) in [4.78, 5) is 13.9. The first-order valence-corrected chi connectivity index (χ1v) is 13.4. The largest absolute Gasteiger partial charge is 0.493 e. The van der Waals surface area contributed by atoms with Gasteiger partial charge in [0.05, 0.1) is 49.8 Å². The lowest BCUT2D eigenvalue weighted by Gasteiger charge is -2.30. The highest BCUT2D eigenvalue weighted by Gasteiger charge is 2.37. The Labute approximate surface area is 231 Å². The summed E-state index contributed by atoms with van der Waals surface area (Å²) in [5.74, 6) is 2.66. The van der Waals surface area contributed by atoms with Crippen molar-refractivity contribution < 1.29 is 23.7 Å². The van der Waals surface area contributed by atoms with E-state index in [4.69, 9.17) is 18.9 Å². The Bertz CT molecular complexity index is 1400. The van der Waals surface area contributed by atoms with Gasteiger partial charge in [-0.2, -0.15) is 0 Å². The van der Waals surface area contributed by atoms with Crippen LogP contribution in [0.25, 0.3) is 0 Å². The van der Waals surface area contributed by atoms with Gasteiger partial charge >= 0.3 is 0 Å². The number of Topliss-reactive ketones (excluding diaryl/α,β-unsaturated/α-hetero) is 1. The first-order chi connectivity index (χ1) is 18.5. The number of anilines is 2. The van der Waals surface area contributed by atoms with Crippen molar-refractivity contribution in [1.29, 1.82) is 0 Å². The van der Waals surface area contributed by atoms with Crippen LogP contribution in [0.5, 0.6) is 23.0 Å². The molecule has 7 nitrogen and oxygen atoms in total. The highest BCUT2D eigenvalue weighted by atomic mass is 79.9. The molecule has 8 heteroatoms. The Morgan fingerprint density at radius 2 is 1.61 bits per heavy atom. The quantitative estimate of drug-likeness (QED) is 0.317. The molecule has 0 fully saturated rings. The van der Waals surface area contributed by atoms with Gasteiger partial charge in [0.1, 0.15) is 0 Å². The van der Waals surface area contributed by atoms with Crippen LogP contribution in [-0.4, -0.2) is 33.7 Å². The van der Waals surface area contributed by atoms with Crippen LogP contribution in [-0.2, 0) is 4.79 Å². The summed E-state index contributed by atoms with van der Waals surface area (Å²) in [5, 5.41) is 7.22. The lowest BCUT2D eigenvalue weighted by Crippen LogP contribution is -2.27. The van der Waals surface area contributed by atoms with Gasteiger partial charge in [0.2, 0.25) is 0 Å². The molecule has 0 spiro atoms. The van der Waals surface area contributed by atoms with Crippen LogP contribution in [0.2, 0.25) is 0 Å². The number of ether oxygens (including phenoxy) is 4. The van der Waals surface area contributed by atoms with E-state index in [2.05, 4.69) is 26.6 Å². The SMILES string of the molecule is CCOc1cc([C@@H]2Nc3ccccc3NC3=C2C(=O)C[C@@H](c2ccc(OC)c(OC)c2)C3)cc(Br)c1OC. The number of fused-ring (bicyclic) bond motifs is 1. The second-order valence-electron chi connectivity index (χ2n) is 9.25. The number of rotatable bonds is 7. The van der Waals surface area contributed by atoms with Crippen LogP contribution in [0, 0.1) is 0 Å². The molecule has 2 atom stereocenters. The van der Waals surface area contributed by atoms with Crippen LogP contribution >= 0.6 is 15.9 Å². The van der Waals surface area contributed by atoms with Gasteiger partial charge in [0.25, 0.3) is 0 Å². The first-order valence-electron chi connectivity index (χ1n) is 12.6. The summed E-state index contributed by atoms with van der Waals surface area (Å²) < 4.78 is 23.2. The lowest BCUT2D eigenvalue weighted by atomic mass is 9.78. The number of carbonyl (C=O) groups excluding carboxylic acids is 1. The van der Waals surface area contributed by atoms with E-state index in [0.717, 1.165) is 38.2 Å².